The number of carbonyl (C=O) groups excluding carboxylic acids is 1. The zero-order valence-electron chi connectivity index (χ0n) is 13.6. The highest BCUT2D eigenvalue weighted by molar-refractivity contribution is 6.09. The summed E-state index contributed by atoms with van der Waals surface area (Å²) in [6.45, 7) is 2.89. The molecule has 0 radical (unpaired) electrons. The first-order valence-electron chi connectivity index (χ1n) is 7.40. The van der Waals surface area contributed by atoms with E-state index in [1.54, 1.807) is 24.3 Å². The number of aliphatic hydroxyl groups is 2. The van der Waals surface area contributed by atoms with Crippen LogP contribution >= 0.6 is 0 Å². The van der Waals surface area contributed by atoms with Crippen molar-refractivity contribution in [3.63, 3.8) is 0 Å². The number of nitrogens with one attached hydrogen (secondary N) is 1. The molecule has 1 aromatic carbocycles. The van der Waals surface area contributed by atoms with Crippen LogP contribution < -0.4 is 10.9 Å². The molecule has 0 amide bonds. The highest BCUT2D eigenvalue weighted by atomic mass is 16.3. The lowest BCUT2D eigenvalue weighted by atomic mass is 10.1. The molecular formula is C17H20N2O5. The number of allylic oxidation sites excluding steroid dienone is 2. The molecule has 1 heterocycles. The fourth-order valence-electron chi connectivity index (χ4n) is 2.37. The predicted octanol–water partition coefficient (Wildman–Crippen LogP) is 0.619. The summed E-state index contributed by atoms with van der Waals surface area (Å²) in [7, 11) is 1.52. The van der Waals surface area contributed by atoms with Gasteiger partial charge in [-0.05, 0) is 26.0 Å². The summed E-state index contributed by atoms with van der Waals surface area (Å²) in [4.78, 5) is 24.8. The van der Waals surface area contributed by atoms with Crippen molar-refractivity contribution in [1.29, 1.82) is 0 Å². The Labute approximate surface area is 138 Å². The molecule has 128 valence electrons. The van der Waals surface area contributed by atoms with E-state index in [2.05, 4.69) is 5.32 Å². The molecule has 2 rings (SSSR count). The van der Waals surface area contributed by atoms with Crippen molar-refractivity contribution in [2.24, 2.45) is 7.05 Å². The van der Waals surface area contributed by atoms with Gasteiger partial charge < -0.3 is 25.2 Å². The highest BCUT2D eigenvalue weighted by Crippen LogP contribution is 2.26. The van der Waals surface area contributed by atoms with Gasteiger partial charge in [0, 0.05) is 24.2 Å². The Bertz CT molecular complexity index is 867. The SMILES string of the molecule is C/C(=C\C(=O)c1c(O)c2ccccc2n(C)c1=O)N[C@@H](O)[C@@H](C)O. The van der Waals surface area contributed by atoms with Gasteiger partial charge in [-0.15, -0.1) is 0 Å². The molecule has 2 atom stereocenters. The van der Waals surface area contributed by atoms with E-state index in [0.29, 0.717) is 10.9 Å². The number of fused-ring (bicyclic) bond motifs is 1. The molecule has 0 saturated carbocycles. The summed E-state index contributed by atoms with van der Waals surface area (Å²) in [6, 6.07) is 6.72. The van der Waals surface area contributed by atoms with Gasteiger partial charge in [-0.1, -0.05) is 12.1 Å². The molecule has 0 saturated heterocycles. The van der Waals surface area contributed by atoms with Gasteiger partial charge in [-0.3, -0.25) is 9.59 Å². The van der Waals surface area contributed by atoms with Crippen LogP contribution in [-0.4, -0.2) is 38.0 Å². The minimum atomic E-state index is -1.25. The molecule has 7 nitrogen and oxygen atoms in total. The number of rotatable bonds is 5. The lowest BCUT2D eigenvalue weighted by Crippen LogP contribution is -2.37. The van der Waals surface area contributed by atoms with E-state index in [-0.39, 0.29) is 17.0 Å². The maximum Gasteiger partial charge on any atom is 0.265 e. The summed E-state index contributed by atoms with van der Waals surface area (Å²) in [5.74, 6) is -1.07. The Kier molecular flexibility index (Phi) is 5.06. The number of pyridine rings is 1. The topological polar surface area (TPSA) is 112 Å². The number of ketones is 1. The summed E-state index contributed by atoms with van der Waals surface area (Å²) in [5.41, 5.74) is -0.192. The van der Waals surface area contributed by atoms with Crippen LogP contribution in [0.3, 0.4) is 0 Å². The van der Waals surface area contributed by atoms with Crippen molar-refractivity contribution in [2.45, 2.75) is 26.2 Å². The third kappa shape index (κ3) is 3.32. The van der Waals surface area contributed by atoms with E-state index in [4.69, 9.17) is 0 Å². The molecule has 0 aliphatic carbocycles. The van der Waals surface area contributed by atoms with Crippen LogP contribution in [0.15, 0.2) is 40.8 Å². The molecule has 0 spiro atoms. The number of hydrogen-bond acceptors (Lipinski definition) is 6. The number of hydrogen-bond donors (Lipinski definition) is 4. The Morgan fingerprint density at radius 3 is 2.54 bits per heavy atom. The van der Waals surface area contributed by atoms with Crippen LogP contribution in [0, 0.1) is 0 Å². The standard InChI is InChI=1S/C17H20N2O5/c1-9(18-16(23)10(2)20)8-13(21)14-15(22)11-6-4-5-7-12(11)19(3)17(14)24/h4-8,10,16,18,20,22-23H,1-3H3/b9-8+/t10-,16+/m1/s1. The molecule has 0 unspecified atom stereocenters. The number of aromatic hydroxyl groups is 1. The molecule has 0 fully saturated rings. The van der Waals surface area contributed by atoms with E-state index in [1.165, 1.54) is 25.5 Å². The van der Waals surface area contributed by atoms with Gasteiger partial charge in [0.2, 0.25) is 0 Å². The fourth-order valence-corrected chi connectivity index (χ4v) is 2.37. The summed E-state index contributed by atoms with van der Waals surface area (Å²) < 4.78 is 1.30. The van der Waals surface area contributed by atoms with E-state index in [9.17, 15) is 24.9 Å². The number of para-hydroxylation sites is 1. The molecule has 24 heavy (non-hydrogen) atoms. The number of aliphatic hydroxyl groups excluding tert-OH is 2. The van der Waals surface area contributed by atoms with Gasteiger partial charge in [0.1, 0.15) is 17.5 Å². The van der Waals surface area contributed by atoms with Gasteiger partial charge in [0.25, 0.3) is 5.56 Å². The number of nitrogens with zero attached hydrogens (tertiary/aromatic N) is 1. The Morgan fingerprint density at radius 1 is 1.29 bits per heavy atom. The lowest BCUT2D eigenvalue weighted by molar-refractivity contribution is 0.0159. The second-order valence-electron chi connectivity index (χ2n) is 5.63. The Hall–Kier alpha value is -2.64. The minimum absolute atomic E-state index is 0.253. The average Bonchev–Trinajstić information content (AvgIpc) is 2.52. The zero-order chi connectivity index (χ0) is 18.0. The van der Waals surface area contributed by atoms with Crippen molar-refractivity contribution >= 4 is 16.7 Å². The van der Waals surface area contributed by atoms with Crippen molar-refractivity contribution in [3.05, 3.63) is 52.0 Å². The molecule has 4 N–H and O–H groups in total. The Morgan fingerprint density at radius 2 is 1.92 bits per heavy atom. The molecule has 0 aliphatic rings. The maximum atomic E-state index is 12.4. The van der Waals surface area contributed by atoms with Gasteiger partial charge >= 0.3 is 0 Å². The van der Waals surface area contributed by atoms with Crippen molar-refractivity contribution in [3.8, 4) is 5.75 Å². The molecule has 0 aliphatic heterocycles. The molecular weight excluding hydrogens is 312 g/mol. The largest absolute Gasteiger partial charge is 0.506 e. The van der Waals surface area contributed by atoms with Crippen LogP contribution in [0.4, 0.5) is 0 Å². The molecule has 1 aromatic heterocycles. The summed E-state index contributed by atoms with van der Waals surface area (Å²) in [6.07, 6.45) is -1.19. The fraction of sp³-hybridized carbons (Fsp3) is 0.294. The first-order valence-corrected chi connectivity index (χ1v) is 7.40. The van der Waals surface area contributed by atoms with E-state index in [0.717, 1.165) is 6.08 Å². The number of carbonyl (C=O) groups is 1. The second-order valence-corrected chi connectivity index (χ2v) is 5.63. The number of benzene rings is 1. The monoisotopic (exact) mass is 332 g/mol. The maximum absolute atomic E-state index is 12.4. The predicted molar refractivity (Wildman–Crippen MR) is 89.8 cm³/mol. The first-order chi connectivity index (χ1) is 11.2. The van der Waals surface area contributed by atoms with Crippen molar-refractivity contribution in [1.82, 2.24) is 9.88 Å². The van der Waals surface area contributed by atoms with E-state index < -0.39 is 23.7 Å². The quantitative estimate of drug-likeness (QED) is 0.363. The highest BCUT2D eigenvalue weighted by Gasteiger charge is 2.20. The summed E-state index contributed by atoms with van der Waals surface area (Å²) in [5, 5.41) is 32.0. The second kappa shape index (κ2) is 6.86. The third-order valence-electron chi connectivity index (χ3n) is 3.70. The number of aryl methyl sites for hydroxylation is 1. The first kappa shape index (κ1) is 17.7. The van der Waals surface area contributed by atoms with E-state index in [1.807, 2.05) is 0 Å². The molecule has 7 heteroatoms. The van der Waals surface area contributed by atoms with Crippen LogP contribution in [0.1, 0.15) is 24.2 Å². The van der Waals surface area contributed by atoms with Crippen LogP contribution in [-0.2, 0) is 7.05 Å². The zero-order valence-corrected chi connectivity index (χ0v) is 13.6. The van der Waals surface area contributed by atoms with Crippen LogP contribution in [0.5, 0.6) is 5.75 Å². The lowest BCUT2D eigenvalue weighted by Gasteiger charge is -2.17. The van der Waals surface area contributed by atoms with Crippen molar-refractivity contribution in [2.75, 3.05) is 0 Å². The molecule has 2 aromatic rings. The van der Waals surface area contributed by atoms with Crippen LogP contribution in [0.25, 0.3) is 10.9 Å². The van der Waals surface area contributed by atoms with Gasteiger partial charge in [0.05, 0.1) is 11.6 Å². The smallest absolute Gasteiger partial charge is 0.265 e. The van der Waals surface area contributed by atoms with Crippen LogP contribution in [0.2, 0.25) is 0 Å². The Balaban J connectivity index is 2.49. The molecule has 0 bridgehead atoms. The summed E-state index contributed by atoms with van der Waals surface area (Å²) >= 11 is 0. The van der Waals surface area contributed by atoms with E-state index >= 15 is 0 Å². The van der Waals surface area contributed by atoms with Crippen molar-refractivity contribution < 1.29 is 20.1 Å². The van der Waals surface area contributed by atoms with Gasteiger partial charge in [-0.25, -0.2) is 0 Å². The normalized spacial score (nSPS) is 14.5. The third-order valence-corrected chi connectivity index (χ3v) is 3.70. The van der Waals surface area contributed by atoms with Gasteiger partial charge in [0.15, 0.2) is 5.78 Å². The van der Waals surface area contributed by atoms with Gasteiger partial charge in [-0.2, -0.15) is 0 Å². The minimum Gasteiger partial charge on any atom is -0.506 e. The number of aromatic nitrogens is 1. The average molecular weight is 332 g/mol.